The fourth-order valence-electron chi connectivity index (χ4n) is 3.08. The van der Waals surface area contributed by atoms with E-state index in [4.69, 9.17) is 16.3 Å². The van der Waals surface area contributed by atoms with Gasteiger partial charge in [0.05, 0.1) is 26.2 Å². The van der Waals surface area contributed by atoms with E-state index in [0.29, 0.717) is 0 Å². The van der Waals surface area contributed by atoms with Crippen LogP contribution in [0.1, 0.15) is 43.2 Å². The number of rotatable bonds is 6. The number of hydrogen-bond acceptors (Lipinski definition) is 1. The van der Waals surface area contributed by atoms with E-state index in [2.05, 4.69) is 13.8 Å². The number of hydrogen-bond donors (Lipinski definition) is 1. The Morgan fingerprint density at radius 2 is 1.70 bits per heavy atom. The number of likely N-dealkylation sites (tertiary alicyclic amines) is 1. The average Bonchev–Trinajstić information content (AvgIpc) is 2.42. The standard InChI is InChI=1S/C17H26ClNO/c1-14-12-16(18)13-15(2)17(14)20-11-7-6-10-19-8-4-3-5-9-19/h12-13H,3-11H2,1-2H3/p+1. The minimum Gasteiger partial charge on any atom is -0.493 e. The first kappa shape index (κ1) is 15.7. The number of piperidine rings is 1. The molecule has 2 rings (SSSR count). The van der Waals surface area contributed by atoms with E-state index in [0.717, 1.165) is 34.9 Å². The zero-order chi connectivity index (χ0) is 14.4. The van der Waals surface area contributed by atoms with E-state index >= 15 is 0 Å². The van der Waals surface area contributed by atoms with Gasteiger partial charge in [-0.05, 0) is 69.2 Å². The van der Waals surface area contributed by atoms with E-state index in [-0.39, 0.29) is 0 Å². The average molecular weight is 297 g/mol. The molecular formula is C17H27ClNO+. The Morgan fingerprint density at radius 1 is 1.05 bits per heavy atom. The third kappa shape index (κ3) is 4.68. The van der Waals surface area contributed by atoms with Gasteiger partial charge < -0.3 is 9.64 Å². The number of quaternary nitrogens is 1. The molecule has 1 aromatic carbocycles. The summed E-state index contributed by atoms with van der Waals surface area (Å²) in [5.74, 6) is 1.01. The fourth-order valence-corrected chi connectivity index (χ4v) is 3.41. The second-order valence-corrected chi connectivity index (χ2v) is 6.42. The van der Waals surface area contributed by atoms with Gasteiger partial charge in [-0.2, -0.15) is 0 Å². The van der Waals surface area contributed by atoms with Crippen LogP contribution in [0.15, 0.2) is 12.1 Å². The molecule has 2 nitrogen and oxygen atoms in total. The zero-order valence-electron chi connectivity index (χ0n) is 12.8. The first-order chi connectivity index (χ1) is 9.66. The van der Waals surface area contributed by atoms with Crippen molar-refractivity contribution in [3.05, 3.63) is 28.3 Å². The molecule has 1 aliphatic heterocycles. The molecule has 3 heteroatoms. The van der Waals surface area contributed by atoms with Crippen molar-refractivity contribution in [1.29, 1.82) is 0 Å². The largest absolute Gasteiger partial charge is 0.493 e. The maximum atomic E-state index is 6.03. The molecule has 0 saturated carbocycles. The number of halogens is 1. The van der Waals surface area contributed by atoms with Crippen molar-refractivity contribution in [2.24, 2.45) is 0 Å². The van der Waals surface area contributed by atoms with Gasteiger partial charge in [-0.3, -0.25) is 0 Å². The Labute approximate surface area is 128 Å². The summed E-state index contributed by atoms with van der Waals surface area (Å²) in [5, 5.41) is 0.793. The smallest absolute Gasteiger partial charge is 0.125 e. The Morgan fingerprint density at radius 3 is 2.35 bits per heavy atom. The van der Waals surface area contributed by atoms with E-state index in [9.17, 15) is 0 Å². The van der Waals surface area contributed by atoms with Crippen LogP contribution in [0.5, 0.6) is 5.75 Å². The Kier molecular flexibility index (Phi) is 6.18. The van der Waals surface area contributed by atoms with Gasteiger partial charge in [0.2, 0.25) is 0 Å². The highest BCUT2D eigenvalue weighted by molar-refractivity contribution is 6.30. The van der Waals surface area contributed by atoms with Gasteiger partial charge in [-0.15, -0.1) is 0 Å². The van der Waals surface area contributed by atoms with Crippen molar-refractivity contribution in [1.82, 2.24) is 0 Å². The minimum atomic E-state index is 0.793. The zero-order valence-corrected chi connectivity index (χ0v) is 13.6. The van der Waals surface area contributed by atoms with Gasteiger partial charge in [-0.1, -0.05) is 11.6 Å². The number of benzene rings is 1. The van der Waals surface area contributed by atoms with Crippen LogP contribution in [0.3, 0.4) is 0 Å². The molecule has 0 bridgehead atoms. The summed E-state index contributed by atoms with van der Waals surface area (Å²) in [6, 6.07) is 3.95. The van der Waals surface area contributed by atoms with E-state index in [1.54, 1.807) is 4.90 Å². The van der Waals surface area contributed by atoms with Gasteiger partial charge in [0, 0.05) is 5.02 Å². The van der Waals surface area contributed by atoms with Crippen molar-refractivity contribution in [3.8, 4) is 5.75 Å². The van der Waals surface area contributed by atoms with Gasteiger partial charge in [0.1, 0.15) is 5.75 Å². The SMILES string of the molecule is Cc1cc(Cl)cc(C)c1OCCCC[NH+]1CCCCC1. The number of aryl methyl sites for hydroxylation is 2. The third-order valence-electron chi connectivity index (χ3n) is 4.16. The molecule has 1 fully saturated rings. The molecule has 0 aliphatic carbocycles. The van der Waals surface area contributed by atoms with Crippen molar-refractivity contribution >= 4 is 11.6 Å². The van der Waals surface area contributed by atoms with Gasteiger partial charge in [0.15, 0.2) is 0 Å². The normalized spacial score (nSPS) is 16.4. The number of ether oxygens (including phenoxy) is 1. The first-order valence-electron chi connectivity index (χ1n) is 7.90. The summed E-state index contributed by atoms with van der Waals surface area (Å²) in [7, 11) is 0. The minimum absolute atomic E-state index is 0.793. The fraction of sp³-hybridized carbons (Fsp3) is 0.647. The number of unbranched alkanes of at least 4 members (excludes halogenated alkanes) is 1. The highest BCUT2D eigenvalue weighted by Gasteiger charge is 2.12. The van der Waals surface area contributed by atoms with Crippen LogP contribution in [-0.2, 0) is 0 Å². The number of nitrogens with one attached hydrogen (secondary N) is 1. The molecular weight excluding hydrogens is 270 g/mol. The van der Waals surface area contributed by atoms with Crippen LogP contribution in [-0.4, -0.2) is 26.2 Å². The summed E-state index contributed by atoms with van der Waals surface area (Å²) in [6.45, 7) is 8.99. The van der Waals surface area contributed by atoms with Crippen molar-refractivity contribution < 1.29 is 9.64 Å². The summed E-state index contributed by atoms with van der Waals surface area (Å²) in [5.41, 5.74) is 2.27. The van der Waals surface area contributed by atoms with Crippen LogP contribution in [0, 0.1) is 13.8 Å². The Bertz CT molecular complexity index is 404. The lowest BCUT2D eigenvalue weighted by Crippen LogP contribution is -3.12. The van der Waals surface area contributed by atoms with Gasteiger partial charge >= 0.3 is 0 Å². The van der Waals surface area contributed by atoms with Crippen molar-refractivity contribution in [3.63, 3.8) is 0 Å². The lowest BCUT2D eigenvalue weighted by atomic mass is 10.1. The lowest BCUT2D eigenvalue weighted by molar-refractivity contribution is -0.905. The quantitative estimate of drug-likeness (QED) is 0.796. The maximum Gasteiger partial charge on any atom is 0.125 e. The lowest BCUT2D eigenvalue weighted by Gasteiger charge is -2.23. The van der Waals surface area contributed by atoms with Crippen molar-refractivity contribution in [2.75, 3.05) is 26.2 Å². The monoisotopic (exact) mass is 296 g/mol. The van der Waals surface area contributed by atoms with Gasteiger partial charge in [0.25, 0.3) is 0 Å². The Balaban J connectivity index is 1.68. The molecule has 0 atom stereocenters. The van der Waals surface area contributed by atoms with Crippen LogP contribution in [0.25, 0.3) is 0 Å². The highest BCUT2D eigenvalue weighted by atomic mass is 35.5. The molecule has 1 heterocycles. The topological polar surface area (TPSA) is 13.7 Å². The maximum absolute atomic E-state index is 6.03. The molecule has 112 valence electrons. The molecule has 1 saturated heterocycles. The predicted molar refractivity (Wildman–Crippen MR) is 85.1 cm³/mol. The summed E-state index contributed by atoms with van der Waals surface area (Å²) < 4.78 is 5.94. The van der Waals surface area contributed by atoms with Crippen LogP contribution in [0.4, 0.5) is 0 Å². The van der Waals surface area contributed by atoms with Crippen LogP contribution >= 0.6 is 11.6 Å². The molecule has 0 spiro atoms. The molecule has 1 N–H and O–H groups in total. The van der Waals surface area contributed by atoms with Crippen LogP contribution < -0.4 is 9.64 Å². The molecule has 0 amide bonds. The molecule has 0 aromatic heterocycles. The second kappa shape index (κ2) is 7.90. The van der Waals surface area contributed by atoms with Crippen molar-refractivity contribution in [2.45, 2.75) is 46.0 Å². The van der Waals surface area contributed by atoms with Crippen LogP contribution in [0.2, 0.25) is 5.02 Å². The second-order valence-electron chi connectivity index (χ2n) is 5.98. The molecule has 0 radical (unpaired) electrons. The molecule has 20 heavy (non-hydrogen) atoms. The third-order valence-corrected chi connectivity index (χ3v) is 4.38. The van der Waals surface area contributed by atoms with Gasteiger partial charge in [-0.25, -0.2) is 0 Å². The molecule has 0 unspecified atom stereocenters. The predicted octanol–water partition coefficient (Wildman–Crippen LogP) is 3.18. The van der Waals surface area contributed by atoms with E-state index < -0.39 is 0 Å². The van der Waals surface area contributed by atoms with E-state index in [1.807, 2.05) is 12.1 Å². The Hall–Kier alpha value is -0.730. The van der Waals surface area contributed by atoms with E-state index in [1.165, 1.54) is 45.3 Å². The summed E-state index contributed by atoms with van der Waals surface area (Å²) >= 11 is 6.03. The molecule has 1 aliphatic rings. The summed E-state index contributed by atoms with van der Waals surface area (Å²) in [4.78, 5) is 1.79. The highest BCUT2D eigenvalue weighted by Crippen LogP contribution is 2.27. The summed E-state index contributed by atoms with van der Waals surface area (Å²) in [6.07, 6.45) is 6.66. The molecule has 1 aromatic rings. The first-order valence-corrected chi connectivity index (χ1v) is 8.28.